The van der Waals surface area contributed by atoms with Crippen molar-refractivity contribution in [3.63, 3.8) is 0 Å². The Labute approximate surface area is 103 Å². The second-order valence-electron chi connectivity index (χ2n) is 3.07. The molecule has 0 aromatic heterocycles. The Morgan fingerprint density at radius 3 is 2.15 bits per heavy atom. The van der Waals surface area contributed by atoms with Gasteiger partial charge in [-0.1, -0.05) is 11.1 Å². The molecular weight excluding hydrogens is 223 g/mol. The maximum Gasteiger partial charge on any atom is 1.00 e. The van der Waals surface area contributed by atoms with E-state index in [4.69, 9.17) is 0 Å². The van der Waals surface area contributed by atoms with Gasteiger partial charge >= 0.3 is 29.6 Å². The molecular formula is C6H11NaO4S2. The number of rotatable bonds is 2. The zero-order valence-corrected chi connectivity index (χ0v) is 11.2. The van der Waals surface area contributed by atoms with E-state index >= 15 is 0 Å². The molecule has 0 spiro atoms. The van der Waals surface area contributed by atoms with Crippen molar-refractivity contribution in [3.8, 4) is 0 Å². The Bertz CT molecular complexity index is 260. The van der Waals surface area contributed by atoms with Gasteiger partial charge in [-0.3, -0.25) is 4.21 Å². The van der Waals surface area contributed by atoms with Crippen LogP contribution in [0.1, 0.15) is 12.8 Å². The number of hydrogen-bond donors (Lipinski definition) is 0. The second kappa shape index (κ2) is 5.82. The molecule has 4 nitrogen and oxygen atoms in total. The van der Waals surface area contributed by atoms with Crippen molar-refractivity contribution >= 4 is 20.9 Å². The van der Waals surface area contributed by atoms with Crippen LogP contribution in [0.2, 0.25) is 0 Å². The minimum absolute atomic E-state index is 0. The smallest absolute Gasteiger partial charge is 0.772 e. The molecule has 13 heavy (non-hydrogen) atoms. The molecule has 0 radical (unpaired) electrons. The van der Waals surface area contributed by atoms with Crippen LogP contribution in [0.15, 0.2) is 0 Å². The van der Waals surface area contributed by atoms with E-state index in [1.807, 2.05) is 0 Å². The van der Waals surface area contributed by atoms with E-state index in [0.717, 1.165) is 0 Å². The summed E-state index contributed by atoms with van der Waals surface area (Å²) in [5.41, 5.74) is 0. The van der Waals surface area contributed by atoms with Gasteiger partial charge in [0, 0.05) is 5.75 Å². The maximum absolute atomic E-state index is 10.9. The fourth-order valence-corrected chi connectivity index (χ4v) is 3.61. The molecule has 1 aliphatic rings. The molecule has 1 rings (SSSR count). The first-order valence-electron chi connectivity index (χ1n) is 3.76. The minimum Gasteiger partial charge on any atom is -0.772 e. The summed E-state index contributed by atoms with van der Waals surface area (Å²) in [4.78, 5) is 0. The normalized spacial score (nSPS) is 24.7. The summed E-state index contributed by atoms with van der Waals surface area (Å²) in [6, 6.07) is 0. The molecule has 0 bridgehead atoms. The fraction of sp³-hybridized carbons (Fsp3) is 1.00. The monoisotopic (exact) mass is 234 g/mol. The molecule has 0 aliphatic carbocycles. The summed E-state index contributed by atoms with van der Waals surface area (Å²) in [6.07, 6.45) is 0.993. The Morgan fingerprint density at radius 1 is 1.31 bits per heavy atom. The number of hydrogen-bond acceptors (Lipinski definition) is 4. The largest absolute Gasteiger partial charge is 1.00 e. The van der Waals surface area contributed by atoms with Crippen LogP contribution in [0, 0.1) is 5.92 Å². The van der Waals surface area contributed by atoms with E-state index in [1.54, 1.807) is 0 Å². The van der Waals surface area contributed by atoms with E-state index in [1.165, 1.54) is 0 Å². The van der Waals surface area contributed by atoms with Crippen LogP contribution in [-0.2, 0) is 20.9 Å². The van der Waals surface area contributed by atoms with E-state index in [9.17, 15) is 17.2 Å². The molecule has 1 atom stereocenters. The van der Waals surface area contributed by atoms with Gasteiger partial charge < -0.3 is 4.55 Å². The molecule has 0 saturated carbocycles. The first-order chi connectivity index (χ1) is 5.49. The molecule has 1 unspecified atom stereocenters. The van der Waals surface area contributed by atoms with Crippen LogP contribution in [0.5, 0.6) is 0 Å². The van der Waals surface area contributed by atoms with E-state index < -0.39 is 20.9 Å². The summed E-state index contributed by atoms with van der Waals surface area (Å²) >= 11 is -2.03. The van der Waals surface area contributed by atoms with Crippen molar-refractivity contribution in [3.05, 3.63) is 0 Å². The van der Waals surface area contributed by atoms with Crippen molar-refractivity contribution in [2.45, 2.75) is 12.8 Å². The van der Waals surface area contributed by atoms with Crippen molar-refractivity contribution < 1.29 is 46.7 Å². The standard InChI is InChI=1S/C6H12O4S2.Na/c7-11(8)5-6-1-3-12(9,10)4-2-6;/h6H,1-5H2,(H,7,8);/q;+1/p-1. The van der Waals surface area contributed by atoms with E-state index in [0.29, 0.717) is 12.8 Å². The summed E-state index contributed by atoms with van der Waals surface area (Å²) < 4.78 is 42.4. The van der Waals surface area contributed by atoms with Gasteiger partial charge in [-0.05, 0) is 18.8 Å². The van der Waals surface area contributed by atoms with Gasteiger partial charge in [0.1, 0.15) is 9.84 Å². The van der Waals surface area contributed by atoms with Crippen LogP contribution < -0.4 is 29.6 Å². The predicted molar refractivity (Wildman–Crippen MR) is 45.2 cm³/mol. The molecule has 72 valence electrons. The summed E-state index contributed by atoms with van der Waals surface area (Å²) in [5, 5.41) is 0. The van der Waals surface area contributed by atoms with Gasteiger partial charge in [0.2, 0.25) is 0 Å². The fourth-order valence-electron chi connectivity index (χ4n) is 1.30. The van der Waals surface area contributed by atoms with E-state index in [2.05, 4.69) is 0 Å². The van der Waals surface area contributed by atoms with Gasteiger partial charge in [0.05, 0.1) is 11.5 Å². The van der Waals surface area contributed by atoms with Gasteiger partial charge in [-0.15, -0.1) is 0 Å². The topological polar surface area (TPSA) is 74.3 Å². The second-order valence-corrected chi connectivity index (χ2v) is 6.31. The van der Waals surface area contributed by atoms with Gasteiger partial charge in [0.15, 0.2) is 0 Å². The zero-order chi connectivity index (χ0) is 9.19. The molecule has 7 heteroatoms. The summed E-state index contributed by atoms with van der Waals surface area (Å²) in [5.74, 6) is 0.450. The van der Waals surface area contributed by atoms with Crippen LogP contribution >= 0.6 is 0 Å². The molecule has 0 amide bonds. The third-order valence-corrected chi connectivity index (χ3v) is 4.50. The molecule has 1 aliphatic heterocycles. The first kappa shape index (κ1) is 14.1. The van der Waals surface area contributed by atoms with Crippen molar-refractivity contribution in [1.29, 1.82) is 0 Å². The Balaban J connectivity index is 0.00000144. The van der Waals surface area contributed by atoms with Crippen LogP contribution in [0.25, 0.3) is 0 Å². The van der Waals surface area contributed by atoms with Crippen molar-refractivity contribution in [1.82, 2.24) is 0 Å². The van der Waals surface area contributed by atoms with E-state index in [-0.39, 0.29) is 52.7 Å². The van der Waals surface area contributed by atoms with Crippen LogP contribution in [0.3, 0.4) is 0 Å². The quantitative estimate of drug-likeness (QED) is 0.370. The van der Waals surface area contributed by atoms with Crippen molar-refractivity contribution in [2.75, 3.05) is 17.3 Å². The predicted octanol–water partition coefficient (Wildman–Crippen LogP) is -3.31. The summed E-state index contributed by atoms with van der Waals surface area (Å²) in [6.45, 7) is 0. The maximum atomic E-state index is 10.9. The molecule has 0 aromatic rings. The average molecular weight is 234 g/mol. The summed E-state index contributed by atoms with van der Waals surface area (Å²) in [7, 11) is -2.85. The molecule has 0 N–H and O–H groups in total. The SMILES string of the molecule is O=S([O-])CC1CCS(=O)(=O)CC1.[Na+]. The molecule has 1 saturated heterocycles. The third-order valence-electron chi connectivity index (χ3n) is 2.05. The molecule has 1 fully saturated rings. The first-order valence-corrected chi connectivity index (χ1v) is 6.82. The van der Waals surface area contributed by atoms with Gasteiger partial charge in [0.25, 0.3) is 0 Å². The third kappa shape index (κ3) is 5.49. The van der Waals surface area contributed by atoms with Gasteiger partial charge in [-0.25, -0.2) is 8.42 Å². The Hall–Kier alpha value is 1.06. The average Bonchev–Trinajstić information content (AvgIpc) is 1.93. The Kier molecular flexibility index (Phi) is 6.30. The zero-order valence-electron chi connectivity index (χ0n) is 7.56. The minimum atomic E-state index is -2.85. The Morgan fingerprint density at radius 2 is 1.77 bits per heavy atom. The molecule has 1 heterocycles. The van der Waals surface area contributed by atoms with Crippen molar-refractivity contribution in [2.24, 2.45) is 5.92 Å². The van der Waals surface area contributed by atoms with Gasteiger partial charge in [-0.2, -0.15) is 0 Å². The van der Waals surface area contributed by atoms with Crippen LogP contribution in [-0.4, -0.2) is 34.4 Å². The molecule has 0 aromatic carbocycles. The number of sulfone groups is 1. The van der Waals surface area contributed by atoms with Crippen LogP contribution in [0.4, 0.5) is 0 Å².